The number of benzene rings is 1. The van der Waals surface area contributed by atoms with Crippen molar-refractivity contribution in [2.75, 3.05) is 56.2 Å². The maximum Gasteiger partial charge on any atom is 0.250 e. The van der Waals surface area contributed by atoms with Crippen LogP contribution in [0.3, 0.4) is 0 Å². The van der Waals surface area contributed by atoms with Gasteiger partial charge in [0.25, 0.3) is 5.91 Å². The molecule has 0 bridgehead atoms. The van der Waals surface area contributed by atoms with Gasteiger partial charge in [0.1, 0.15) is 6.10 Å². The molecule has 0 spiro atoms. The summed E-state index contributed by atoms with van der Waals surface area (Å²) in [6.45, 7) is 2.41. The van der Waals surface area contributed by atoms with Crippen LogP contribution in [0, 0.1) is 0 Å². The Bertz CT molecular complexity index is 1120. The molecule has 4 rings (SSSR count). The van der Waals surface area contributed by atoms with Gasteiger partial charge in [0.15, 0.2) is 0 Å². The van der Waals surface area contributed by atoms with Crippen molar-refractivity contribution in [1.82, 2.24) is 30.1 Å². The maximum absolute atomic E-state index is 12.8. The summed E-state index contributed by atoms with van der Waals surface area (Å²) >= 11 is 6.06. The van der Waals surface area contributed by atoms with E-state index in [0.29, 0.717) is 30.1 Å². The Labute approximate surface area is 216 Å². The molecule has 2 saturated heterocycles. The summed E-state index contributed by atoms with van der Waals surface area (Å²) in [7, 11) is -2.05. The minimum atomic E-state index is -3.40. The number of piperidine rings is 1. The van der Waals surface area contributed by atoms with E-state index in [1.165, 1.54) is 7.05 Å². The molecule has 36 heavy (non-hydrogen) atoms. The van der Waals surface area contributed by atoms with Crippen LogP contribution in [0.1, 0.15) is 18.4 Å². The lowest BCUT2D eigenvalue weighted by molar-refractivity contribution is -0.144. The number of rotatable bonds is 9. The van der Waals surface area contributed by atoms with E-state index < -0.39 is 16.1 Å². The lowest BCUT2D eigenvalue weighted by Gasteiger charge is -2.46. The molecule has 1 aromatic heterocycles. The fraction of sp³-hybridized carbons (Fsp3) is 0.591. The van der Waals surface area contributed by atoms with E-state index >= 15 is 0 Å². The topological polar surface area (TPSA) is 159 Å². The van der Waals surface area contributed by atoms with Gasteiger partial charge < -0.3 is 20.7 Å². The van der Waals surface area contributed by atoms with Crippen LogP contribution in [0.25, 0.3) is 0 Å². The second-order valence-electron chi connectivity index (χ2n) is 9.07. The van der Waals surface area contributed by atoms with Crippen molar-refractivity contribution >= 4 is 39.4 Å². The number of hydrogen-bond acceptors (Lipinski definition) is 9. The molecule has 14 heteroatoms. The molecule has 2 atom stereocenters. The molecule has 3 heterocycles. The molecule has 0 aliphatic carbocycles. The minimum Gasteiger partial charge on any atom is -0.368 e. The monoisotopic (exact) mass is 540 g/mol. The van der Waals surface area contributed by atoms with Gasteiger partial charge in [-0.05, 0) is 44.0 Å². The highest BCUT2D eigenvalue weighted by atomic mass is 35.5. The molecule has 0 unspecified atom stereocenters. The fourth-order valence-electron chi connectivity index (χ4n) is 4.73. The summed E-state index contributed by atoms with van der Waals surface area (Å²) < 4.78 is 31.5. The van der Waals surface area contributed by atoms with Gasteiger partial charge in [-0.3, -0.25) is 14.7 Å². The number of morpholine rings is 1. The number of nitrogen functional groups attached to an aromatic ring is 1. The Kier molecular flexibility index (Phi) is 8.67. The molecular formula is C22H33ClN8O4S. The first-order valence-corrected chi connectivity index (χ1v) is 14.0. The molecule has 5 N–H and O–H groups in total. The number of carbonyl (C=O) groups excluding carboxylic acids is 1. The Morgan fingerprint density at radius 3 is 2.61 bits per heavy atom. The quantitative estimate of drug-likeness (QED) is 0.343. The van der Waals surface area contributed by atoms with E-state index in [9.17, 15) is 13.2 Å². The second-order valence-corrected chi connectivity index (χ2v) is 11.6. The summed E-state index contributed by atoms with van der Waals surface area (Å²) in [5, 5.41) is 11.3. The number of sulfonamides is 1. The smallest absolute Gasteiger partial charge is 0.250 e. The van der Waals surface area contributed by atoms with Gasteiger partial charge in [0.05, 0.1) is 12.4 Å². The number of anilines is 2. The number of H-pyrrole nitrogens is 1. The number of amides is 1. The summed E-state index contributed by atoms with van der Waals surface area (Å²) in [4.78, 5) is 20.3. The van der Waals surface area contributed by atoms with Crippen LogP contribution in [0.5, 0.6) is 0 Å². The second kappa shape index (κ2) is 11.7. The minimum absolute atomic E-state index is 0.0226. The molecule has 1 aromatic carbocycles. The standard InChI is InChI=1S/C22H33ClN8O4S/c1-25-36(33,34)11-8-26-20(32)19-13-31(18(14-35-19)12-15-2-4-16(23)5-3-15)17-6-9-30(10-7-17)22-27-21(24)28-29-22/h2-5,17-19,25H,6-14H2,1H3,(H,26,32)(H3,24,27,28,29)/t18-,19+/m0/s1. The van der Waals surface area contributed by atoms with Gasteiger partial charge in [-0.2, -0.15) is 0 Å². The predicted octanol–water partition coefficient (Wildman–Crippen LogP) is -0.0134. The summed E-state index contributed by atoms with van der Waals surface area (Å²) in [5.74, 6) is 0.472. The van der Waals surface area contributed by atoms with E-state index in [4.69, 9.17) is 22.1 Å². The van der Waals surface area contributed by atoms with Crippen molar-refractivity contribution in [2.24, 2.45) is 0 Å². The van der Waals surface area contributed by atoms with Crippen molar-refractivity contribution in [3.8, 4) is 0 Å². The SMILES string of the molecule is CNS(=O)(=O)CCNC(=O)[C@H]1CN(C2CCN(c3nnc(N)[nH]3)CC2)[C@@H](Cc2ccc(Cl)cc2)CO1. The molecule has 2 fully saturated rings. The number of hydrogen-bond donors (Lipinski definition) is 4. The van der Waals surface area contributed by atoms with Gasteiger partial charge in [0.2, 0.25) is 21.9 Å². The third-order valence-corrected chi connectivity index (χ3v) is 8.33. The zero-order valence-corrected chi connectivity index (χ0v) is 21.8. The number of nitrogens with one attached hydrogen (secondary N) is 3. The number of nitrogens with two attached hydrogens (primary N) is 1. The van der Waals surface area contributed by atoms with Crippen molar-refractivity contribution in [1.29, 1.82) is 0 Å². The third-order valence-electron chi connectivity index (χ3n) is 6.72. The zero-order valence-electron chi connectivity index (χ0n) is 20.2. The Morgan fingerprint density at radius 2 is 1.97 bits per heavy atom. The molecule has 2 aliphatic rings. The van der Waals surface area contributed by atoms with Gasteiger partial charge in [-0.15, -0.1) is 10.2 Å². The lowest BCUT2D eigenvalue weighted by atomic mass is 9.96. The number of ether oxygens (including phenoxy) is 1. The van der Waals surface area contributed by atoms with E-state index in [2.05, 4.69) is 35.0 Å². The van der Waals surface area contributed by atoms with Crippen LogP contribution in [-0.2, 0) is 26.0 Å². The number of aromatic nitrogens is 3. The van der Waals surface area contributed by atoms with E-state index in [1.54, 1.807) is 0 Å². The zero-order chi connectivity index (χ0) is 25.7. The molecule has 2 aliphatic heterocycles. The van der Waals surface area contributed by atoms with Crippen LogP contribution in [0.15, 0.2) is 24.3 Å². The van der Waals surface area contributed by atoms with Crippen LogP contribution in [0.4, 0.5) is 11.9 Å². The average Bonchev–Trinajstić information content (AvgIpc) is 3.32. The first-order valence-electron chi connectivity index (χ1n) is 12.0. The van der Waals surface area contributed by atoms with E-state index in [1.807, 2.05) is 24.3 Å². The van der Waals surface area contributed by atoms with Crippen LogP contribution in [-0.4, -0.2) is 98.2 Å². The average molecular weight is 541 g/mol. The largest absolute Gasteiger partial charge is 0.368 e. The van der Waals surface area contributed by atoms with Crippen LogP contribution >= 0.6 is 11.6 Å². The summed E-state index contributed by atoms with van der Waals surface area (Å²) in [5.41, 5.74) is 6.83. The van der Waals surface area contributed by atoms with Gasteiger partial charge in [0, 0.05) is 43.3 Å². The molecule has 198 valence electrons. The molecule has 0 saturated carbocycles. The predicted molar refractivity (Wildman–Crippen MR) is 137 cm³/mol. The van der Waals surface area contributed by atoms with Gasteiger partial charge in [-0.25, -0.2) is 13.1 Å². The third kappa shape index (κ3) is 6.85. The van der Waals surface area contributed by atoms with E-state index in [-0.39, 0.29) is 30.3 Å². The highest BCUT2D eigenvalue weighted by Crippen LogP contribution is 2.27. The summed E-state index contributed by atoms with van der Waals surface area (Å²) in [6, 6.07) is 8.13. The lowest BCUT2D eigenvalue weighted by Crippen LogP contribution is -2.60. The van der Waals surface area contributed by atoms with Gasteiger partial charge >= 0.3 is 0 Å². The Hall–Kier alpha value is -2.45. The Morgan fingerprint density at radius 1 is 1.25 bits per heavy atom. The van der Waals surface area contributed by atoms with Crippen molar-refractivity contribution in [2.45, 2.75) is 37.5 Å². The first-order chi connectivity index (χ1) is 17.2. The highest BCUT2D eigenvalue weighted by Gasteiger charge is 2.38. The molecule has 0 radical (unpaired) electrons. The summed E-state index contributed by atoms with van der Waals surface area (Å²) in [6.07, 6.45) is 1.86. The number of halogens is 1. The normalized spacial score (nSPS) is 22.0. The Balaban J connectivity index is 1.41. The fourth-order valence-corrected chi connectivity index (χ4v) is 5.43. The van der Waals surface area contributed by atoms with Crippen molar-refractivity contribution < 1.29 is 17.9 Å². The number of aromatic amines is 1. The van der Waals surface area contributed by atoms with Crippen LogP contribution in [0.2, 0.25) is 5.02 Å². The van der Waals surface area contributed by atoms with Gasteiger partial charge in [-0.1, -0.05) is 23.7 Å². The van der Waals surface area contributed by atoms with E-state index in [0.717, 1.165) is 37.9 Å². The first kappa shape index (κ1) is 26.6. The maximum atomic E-state index is 12.8. The number of nitrogens with zero attached hydrogens (tertiary/aromatic N) is 4. The molecule has 2 aromatic rings. The molecular weight excluding hydrogens is 508 g/mol. The number of carbonyl (C=O) groups is 1. The van der Waals surface area contributed by atoms with Crippen LogP contribution < -0.4 is 20.7 Å². The molecule has 12 nitrogen and oxygen atoms in total. The highest BCUT2D eigenvalue weighted by molar-refractivity contribution is 7.89. The molecule has 1 amide bonds. The van der Waals surface area contributed by atoms with Crippen molar-refractivity contribution in [3.05, 3.63) is 34.9 Å². The van der Waals surface area contributed by atoms with Crippen molar-refractivity contribution in [3.63, 3.8) is 0 Å².